The van der Waals surface area contributed by atoms with Crippen LogP contribution in [0.1, 0.15) is 24.8 Å². The number of hydrogen-bond donors (Lipinski definition) is 2. The Bertz CT molecular complexity index is 584. The number of carbonyl (C=O) groups is 2. The van der Waals surface area contributed by atoms with Crippen molar-refractivity contribution in [2.45, 2.75) is 31.2 Å². The Morgan fingerprint density at radius 3 is 2.04 bits per heavy atom. The number of hydrogen-bond acceptors (Lipinski definition) is 5. The first kappa shape index (κ1) is 16.9. The smallest absolute Gasteiger partial charge is 0.329 e. The first-order chi connectivity index (χ1) is 11.0. The van der Waals surface area contributed by atoms with Gasteiger partial charge in [-0.3, -0.25) is 4.79 Å². The number of benzene rings is 1. The molecule has 2 rings (SSSR count). The number of rotatable bonds is 7. The molecular weight excluding hydrogens is 302 g/mol. The summed E-state index contributed by atoms with van der Waals surface area (Å²) in [4.78, 5) is 23.5. The molecule has 0 saturated heterocycles. The number of aliphatic carboxylic acids is 1. The molecule has 2 N–H and O–H groups in total. The van der Waals surface area contributed by atoms with Crippen LogP contribution >= 0.6 is 0 Å². The van der Waals surface area contributed by atoms with Gasteiger partial charge in [0.2, 0.25) is 11.7 Å². The lowest BCUT2D eigenvalue weighted by molar-refractivity contribution is -0.151. The molecule has 1 aliphatic rings. The van der Waals surface area contributed by atoms with E-state index >= 15 is 0 Å². The summed E-state index contributed by atoms with van der Waals surface area (Å²) in [6, 6.07) is 3.35. The number of nitrogens with one attached hydrogen (secondary N) is 1. The van der Waals surface area contributed by atoms with Crippen LogP contribution in [0.3, 0.4) is 0 Å². The lowest BCUT2D eigenvalue weighted by Crippen LogP contribution is -2.59. The van der Waals surface area contributed by atoms with Crippen molar-refractivity contribution in [1.29, 1.82) is 0 Å². The molecule has 7 heteroatoms. The van der Waals surface area contributed by atoms with Gasteiger partial charge in [-0.15, -0.1) is 0 Å². The molecule has 23 heavy (non-hydrogen) atoms. The number of amides is 1. The molecule has 1 aromatic carbocycles. The van der Waals surface area contributed by atoms with Gasteiger partial charge in [0, 0.05) is 0 Å². The van der Waals surface area contributed by atoms with E-state index in [1.54, 1.807) is 12.1 Å². The molecule has 0 spiro atoms. The minimum atomic E-state index is -1.11. The van der Waals surface area contributed by atoms with Gasteiger partial charge in [-0.1, -0.05) is 0 Å². The molecule has 1 aromatic rings. The lowest BCUT2D eigenvalue weighted by Gasteiger charge is -2.38. The van der Waals surface area contributed by atoms with Crippen molar-refractivity contribution < 1.29 is 28.9 Å². The van der Waals surface area contributed by atoms with Crippen LogP contribution in [0.5, 0.6) is 17.2 Å². The molecule has 1 amide bonds. The average Bonchev–Trinajstić information content (AvgIpc) is 2.49. The Balaban J connectivity index is 2.16. The molecule has 1 saturated carbocycles. The quantitative estimate of drug-likeness (QED) is 0.787. The van der Waals surface area contributed by atoms with E-state index in [0.717, 1.165) is 6.42 Å². The van der Waals surface area contributed by atoms with Crippen molar-refractivity contribution in [3.05, 3.63) is 17.7 Å². The van der Waals surface area contributed by atoms with Crippen LogP contribution in [0.4, 0.5) is 0 Å². The molecule has 126 valence electrons. The third-order valence-electron chi connectivity index (χ3n) is 4.08. The lowest BCUT2D eigenvalue weighted by atomic mass is 9.76. The Morgan fingerprint density at radius 2 is 1.70 bits per heavy atom. The van der Waals surface area contributed by atoms with E-state index < -0.39 is 11.5 Å². The zero-order valence-electron chi connectivity index (χ0n) is 13.5. The fourth-order valence-electron chi connectivity index (χ4n) is 2.66. The zero-order valence-corrected chi connectivity index (χ0v) is 13.5. The maximum atomic E-state index is 12.2. The minimum absolute atomic E-state index is 0.0335. The normalized spacial score (nSPS) is 15.3. The maximum Gasteiger partial charge on any atom is 0.329 e. The number of carboxylic acids is 1. The van der Waals surface area contributed by atoms with Gasteiger partial charge < -0.3 is 24.6 Å². The predicted molar refractivity (Wildman–Crippen MR) is 82.2 cm³/mol. The maximum absolute atomic E-state index is 12.2. The molecular formula is C16H21NO6. The molecule has 0 heterocycles. The van der Waals surface area contributed by atoms with Crippen LogP contribution in [0.25, 0.3) is 0 Å². The van der Waals surface area contributed by atoms with Crippen LogP contribution in [0.15, 0.2) is 12.1 Å². The predicted octanol–water partition coefficient (Wildman–Crippen LogP) is 1.38. The van der Waals surface area contributed by atoms with E-state index in [1.165, 1.54) is 21.3 Å². The van der Waals surface area contributed by atoms with Gasteiger partial charge in [0.1, 0.15) is 5.54 Å². The Morgan fingerprint density at radius 1 is 1.13 bits per heavy atom. The summed E-state index contributed by atoms with van der Waals surface area (Å²) in [5, 5.41) is 11.9. The van der Waals surface area contributed by atoms with Gasteiger partial charge in [0.05, 0.1) is 27.8 Å². The highest BCUT2D eigenvalue weighted by molar-refractivity contribution is 5.88. The van der Waals surface area contributed by atoms with Crippen molar-refractivity contribution in [2.75, 3.05) is 21.3 Å². The molecule has 1 aliphatic carbocycles. The van der Waals surface area contributed by atoms with Gasteiger partial charge in [0.25, 0.3) is 0 Å². The second-order valence-corrected chi connectivity index (χ2v) is 5.50. The van der Waals surface area contributed by atoms with Crippen LogP contribution in [0, 0.1) is 0 Å². The van der Waals surface area contributed by atoms with Gasteiger partial charge >= 0.3 is 5.97 Å². The van der Waals surface area contributed by atoms with Crippen molar-refractivity contribution >= 4 is 11.9 Å². The molecule has 0 aliphatic heterocycles. The van der Waals surface area contributed by atoms with Crippen LogP contribution < -0.4 is 19.5 Å². The van der Waals surface area contributed by atoms with Gasteiger partial charge in [0.15, 0.2) is 11.5 Å². The van der Waals surface area contributed by atoms with Crippen molar-refractivity contribution in [3.63, 3.8) is 0 Å². The fourth-order valence-corrected chi connectivity index (χ4v) is 2.66. The Labute approximate surface area is 134 Å². The van der Waals surface area contributed by atoms with E-state index in [0.29, 0.717) is 35.7 Å². The highest BCUT2D eigenvalue weighted by Crippen LogP contribution is 2.38. The summed E-state index contributed by atoms with van der Waals surface area (Å²) in [7, 11) is 4.49. The van der Waals surface area contributed by atoms with Crippen LogP contribution in [0.2, 0.25) is 0 Å². The Hall–Kier alpha value is -2.44. The van der Waals surface area contributed by atoms with Crippen molar-refractivity contribution in [3.8, 4) is 17.2 Å². The first-order valence-electron chi connectivity index (χ1n) is 7.29. The summed E-state index contributed by atoms with van der Waals surface area (Å²) in [6.07, 6.45) is 1.76. The zero-order chi connectivity index (χ0) is 17.0. The van der Waals surface area contributed by atoms with Gasteiger partial charge in [-0.05, 0) is 37.0 Å². The minimum Gasteiger partial charge on any atom is -0.493 e. The van der Waals surface area contributed by atoms with Crippen molar-refractivity contribution in [2.24, 2.45) is 0 Å². The SMILES string of the molecule is COc1cc(CC(=O)NC2(C(=O)O)CCC2)cc(OC)c1OC. The number of carboxylic acid groups (broad SMARTS) is 1. The third-order valence-corrected chi connectivity index (χ3v) is 4.08. The third kappa shape index (κ3) is 3.33. The standard InChI is InChI=1S/C16H21NO6/c1-21-11-7-10(8-12(22-2)14(11)23-3)9-13(18)17-16(15(19)20)5-4-6-16/h7-8H,4-6,9H2,1-3H3,(H,17,18)(H,19,20). The molecule has 1 fully saturated rings. The summed E-state index contributed by atoms with van der Waals surface area (Å²) in [5.41, 5.74) is -0.463. The monoisotopic (exact) mass is 323 g/mol. The van der Waals surface area contributed by atoms with E-state index in [4.69, 9.17) is 14.2 Å². The summed E-state index contributed by atoms with van der Waals surface area (Å²) in [6.45, 7) is 0. The Kier molecular flexibility index (Phi) is 4.98. The summed E-state index contributed by atoms with van der Waals surface area (Å²) in [5.74, 6) is 0.0148. The second-order valence-electron chi connectivity index (χ2n) is 5.50. The molecule has 0 atom stereocenters. The number of ether oxygens (including phenoxy) is 3. The van der Waals surface area contributed by atoms with E-state index in [1.807, 2.05) is 0 Å². The van der Waals surface area contributed by atoms with Gasteiger partial charge in [-0.25, -0.2) is 4.79 Å². The summed E-state index contributed by atoms with van der Waals surface area (Å²) >= 11 is 0. The summed E-state index contributed by atoms with van der Waals surface area (Å²) < 4.78 is 15.7. The number of carbonyl (C=O) groups excluding carboxylic acids is 1. The molecule has 0 bridgehead atoms. The van der Waals surface area contributed by atoms with Crippen molar-refractivity contribution in [1.82, 2.24) is 5.32 Å². The highest BCUT2D eigenvalue weighted by atomic mass is 16.5. The van der Waals surface area contributed by atoms with Gasteiger partial charge in [-0.2, -0.15) is 0 Å². The van der Waals surface area contributed by atoms with Crippen LogP contribution in [-0.2, 0) is 16.0 Å². The van der Waals surface area contributed by atoms with Crippen LogP contribution in [-0.4, -0.2) is 43.9 Å². The first-order valence-corrected chi connectivity index (χ1v) is 7.29. The van der Waals surface area contributed by atoms with E-state index in [2.05, 4.69) is 5.32 Å². The number of methoxy groups -OCH3 is 3. The second kappa shape index (κ2) is 6.76. The molecule has 0 aromatic heterocycles. The largest absolute Gasteiger partial charge is 0.493 e. The topological polar surface area (TPSA) is 94.1 Å². The molecule has 0 unspecified atom stereocenters. The van der Waals surface area contributed by atoms with E-state index in [9.17, 15) is 14.7 Å². The highest BCUT2D eigenvalue weighted by Gasteiger charge is 2.45. The fraction of sp³-hybridized carbons (Fsp3) is 0.500. The molecule has 7 nitrogen and oxygen atoms in total. The average molecular weight is 323 g/mol. The van der Waals surface area contributed by atoms with E-state index in [-0.39, 0.29) is 12.3 Å². The molecule has 0 radical (unpaired) electrons.